The van der Waals surface area contributed by atoms with Crippen molar-refractivity contribution in [2.75, 3.05) is 17.2 Å². The monoisotopic (exact) mass is 362 g/mol. The molecule has 27 heavy (non-hydrogen) atoms. The van der Waals surface area contributed by atoms with Crippen LogP contribution in [-0.4, -0.2) is 22.6 Å². The van der Waals surface area contributed by atoms with Crippen LogP contribution in [0.4, 0.5) is 17.3 Å². The molecule has 2 aromatic carbocycles. The number of aryl methyl sites for hydroxylation is 1. The minimum atomic E-state index is 0.165. The Bertz CT molecular complexity index is 848. The maximum Gasteiger partial charge on any atom is 0.136 e. The number of benzene rings is 2. The molecule has 5 heteroatoms. The van der Waals surface area contributed by atoms with Crippen LogP contribution in [0.25, 0.3) is 0 Å². The number of aromatic nitrogens is 2. The summed E-state index contributed by atoms with van der Waals surface area (Å²) < 4.78 is 5.67. The average Bonchev–Trinajstić information content (AvgIpc) is 2.63. The maximum atomic E-state index is 5.67. The number of rotatable bonds is 8. The summed E-state index contributed by atoms with van der Waals surface area (Å²) in [6.45, 7) is 6.75. The lowest BCUT2D eigenvalue weighted by Crippen LogP contribution is -2.08. The van der Waals surface area contributed by atoms with Crippen molar-refractivity contribution >= 4 is 17.3 Å². The molecule has 0 spiro atoms. The molecular weight excluding hydrogens is 336 g/mol. The Balaban J connectivity index is 1.61. The molecule has 0 saturated carbocycles. The predicted molar refractivity (Wildman–Crippen MR) is 111 cm³/mol. The molecule has 0 atom stereocenters. The first kappa shape index (κ1) is 18.7. The fourth-order valence-corrected chi connectivity index (χ4v) is 2.74. The van der Waals surface area contributed by atoms with E-state index >= 15 is 0 Å². The van der Waals surface area contributed by atoms with Crippen LogP contribution < -0.4 is 15.4 Å². The van der Waals surface area contributed by atoms with E-state index in [1.165, 1.54) is 5.56 Å². The van der Waals surface area contributed by atoms with Crippen molar-refractivity contribution in [2.24, 2.45) is 0 Å². The van der Waals surface area contributed by atoms with Gasteiger partial charge in [0.25, 0.3) is 0 Å². The predicted octanol–water partition coefficient (Wildman–Crippen LogP) is 4.97. The molecule has 5 nitrogen and oxygen atoms in total. The zero-order chi connectivity index (χ0) is 19.1. The van der Waals surface area contributed by atoms with E-state index in [0.29, 0.717) is 0 Å². The van der Waals surface area contributed by atoms with Crippen molar-refractivity contribution in [1.29, 1.82) is 0 Å². The standard InChI is InChI=1S/C22H26N4O/c1-16(2)27-20-11-9-19(10-12-20)26-22-15-21(24-17(3)25-22)23-14-13-18-7-5-4-6-8-18/h4-12,15-16H,13-14H2,1-3H3,(H2,23,24,25,26). The van der Waals surface area contributed by atoms with Crippen molar-refractivity contribution < 1.29 is 4.74 Å². The molecule has 1 heterocycles. The van der Waals surface area contributed by atoms with Crippen molar-refractivity contribution in [3.8, 4) is 5.75 Å². The molecule has 0 aliphatic heterocycles. The fourth-order valence-electron chi connectivity index (χ4n) is 2.74. The van der Waals surface area contributed by atoms with Crippen LogP contribution in [0.1, 0.15) is 25.2 Å². The van der Waals surface area contributed by atoms with Crippen molar-refractivity contribution in [3.05, 3.63) is 72.1 Å². The number of ether oxygens (including phenoxy) is 1. The van der Waals surface area contributed by atoms with Crippen LogP contribution >= 0.6 is 0 Å². The third kappa shape index (κ3) is 5.99. The number of hydrogen-bond donors (Lipinski definition) is 2. The van der Waals surface area contributed by atoms with E-state index in [1.54, 1.807) is 0 Å². The topological polar surface area (TPSA) is 59.1 Å². The summed E-state index contributed by atoms with van der Waals surface area (Å²) >= 11 is 0. The van der Waals surface area contributed by atoms with Crippen molar-refractivity contribution in [2.45, 2.75) is 33.3 Å². The zero-order valence-electron chi connectivity index (χ0n) is 16.1. The molecule has 0 unspecified atom stereocenters. The second kappa shape index (κ2) is 9.03. The maximum absolute atomic E-state index is 5.67. The van der Waals surface area contributed by atoms with Gasteiger partial charge in [-0.25, -0.2) is 9.97 Å². The van der Waals surface area contributed by atoms with Crippen LogP contribution in [0.2, 0.25) is 0 Å². The van der Waals surface area contributed by atoms with E-state index in [2.05, 4.69) is 44.9 Å². The highest BCUT2D eigenvalue weighted by molar-refractivity contribution is 5.60. The molecule has 0 radical (unpaired) electrons. The minimum absolute atomic E-state index is 0.165. The van der Waals surface area contributed by atoms with E-state index in [9.17, 15) is 0 Å². The molecule has 1 aromatic heterocycles. The summed E-state index contributed by atoms with van der Waals surface area (Å²) in [4.78, 5) is 8.94. The lowest BCUT2D eigenvalue weighted by Gasteiger charge is -2.12. The third-order valence-corrected chi connectivity index (χ3v) is 3.90. The molecular formula is C22H26N4O. The van der Waals surface area contributed by atoms with Crippen LogP contribution in [0.3, 0.4) is 0 Å². The molecule has 0 bridgehead atoms. The van der Waals surface area contributed by atoms with Gasteiger partial charge in [-0.3, -0.25) is 0 Å². The van der Waals surface area contributed by atoms with E-state index in [-0.39, 0.29) is 6.10 Å². The summed E-state index contributed by atoms with van der Waals surface area (Å²) in [6.07, 6.45) is 1.11. The highest BCUT2D eigenvalue weighted by atomic mass is 16.5. The molecule has 0 amide bonds. The Hall–Kier alpha value is -3.08. The van der Waals surface area contributed by atoms with Gasteiger partial charge in [0.2, 0.25) is 0 Å². The SMILES string of the molecule is Cc1nc(NCCc2ccccc2)cc(Nc2ccc(OC(C)C)cc2)n1. The second-order valence-corrected chi connectivity index (χ2v) is 6.66. The summed E-state index contributed by atoms with van der Waals surface area (Å²) in [5.74, 6) is 3.17. The number of nitrogens with zero attached hydrogens (tertiary/aromatic N) is 2. The summed E-state index contributed by atoms with van der Waals surface area (Å²) in [5.41, 5.74) is 2.26. The molecule has 0 aliphatic rings. The first-order valence-electron chi connectivity index (χ1n) is 9.26. The number of nitrogens with one attached hydrogen (secondary N) is 2. The van der Waals surface area contributed by atoms with Gasteiger partial charge in [0.15, 0.2) is 0 Å². The van der Waals surface area contributed by atoms with Crippen LogP contribution in [0, 0.1) is 6.92 Å². The molecule has 0 fully saturated rings. The van der Waals surface area contributed by atoms with Crippen LogP contribution in [0.15, 0.2) is 60.7 Å². The Labute approximate surface area is 160 Å². The fraction of sp³-hybridized carbons (Fsp3) is 0.273. The van der Waals surface area contributed by atoms with E-state index in [1.807, 2.05) is 57.2 Å². The van der Waals surface area contributed by atoms with Crippen LogP contribution in [0.5, 0.6) is 5.75 Å². The van der Waals surface area contributed by atoms with Gasteiger partial charge in [-0.2, -0.15) is 0 Å². The Morgan fingerprint density at radius 3 is 2.33 bits per heavy atom. The normalized spacial score (nSPS) is 10.7. The highest BCUT2D eigenvalue weighted by Crippen LogP contribution is 2.21. The zero-order valence-corrected chi connectivity index (χ0v) is 16.1. The van der Waals surface area contributed by atoms with Gasteiger partial charge in [0, 0.05) is 18.3 Å². The second-order valence-electron chi connectivity index (χ2n) is 6.66. The Morgan fingerprint density at radius 1 is 0.926 bits per heavy atom. The van der Waals surface area contributed by atoms with Gasteiger partial charge in [-0.15, -0.1) is 0 Å². The number of hydrogen-bond acceptors (Lipinski definition) is 5. The smallest absolute Gasteiger partial charge is 0.136 e. The molecule has 0 saturated heterocycles. The summed E-state index contributed by atoms with van der Waals surface area (Å²) in [5, 5.41) is 6.71. The lowest BCUT2D eigenvalue weighted by atomic mass is 10.1. The van der Waals surface area contributed by atoms with Gasteiger partial charge >= 0.3 is 0 Å². The van der Waals surface area contributed by atoms with Gasteiger partial charge in [-0.05, 0) is 57.0 Å². The number of anilines is 3. The molecule has 140 valence electrons. The van der Waals surface area contributed by atoms with Gasteiger partial charge < -0.3 is 15.4 Å². The van der Waals surface area contributed by atoms with Crippen molar-refractivity contribution in [1.82, 2.24) is 9.97 Å². The summed E-state index contributed by atoms with van der Waals surface area (Å²) in [7, 11) is 0. The Kier molecular flexibility index (Phi) is 6.26. The van der Waals surface area contributed by atoms with Gasteiger partial charge in [0.1, 0.15) is 23.2 Å². The molecule has 2 N–H and O–H groups in total. The van der Waals surface area contributed by atoms with E-state index in [0.717, 1.165) is 41.9 Å². The Morgan fingerprint density at radius 2 is 1.63 bits per heavy atom. The highest BCUT2D eigenvalue weighted by Gasteiger charge is 2.04. The van der Waals surface area contributed by atoms with Gasteiger partial charge in [-0.1, -0.05) is 30.3 Å². The first-order chi connectivity index (χ1) is 13.1. The van der Waals surface area contributed by atoms with E-state index in [4.69, 9.17) is 4.74 Å². The molecule has 3 aromatic rings. The van der Waals surface area contributed by atoms with Gasteiger partial charge in [0.05, 0.1) is 6.10 Å². The molecule has 0 aliphatic carbocycles. The molecule has 3 rings (SSSR count). The van der Waals surface area contributed by atoms with Crippen molar-refractivity contribution in [3.63, 3.8) is 0 Å². The average molecular weight is 362 g/mol. The third-order valence-electron chi connectivity index (χ3n) is 3.90. The lowest BCUT2D eigenvalue weighted by molar-refractivity contribution is 0.242. The van der Waals surface area contributed by atoms with E-state index < -0.39 is 0 Å². The quantitative estimate of drug-likeness (QED) is 0.592. The first-order valence-corrected chi connectivity index (χ1v) is 9.26. The summed E-state index contributed by atoms with van der Waals surface area (Å²) in [6, 6.07) is 20.2. The largest absolute Gasteiger partial charge is 0.491 e. The van der Waals surface area contributed by atoms with Crippen LogP contribution in [-0.2, 0) is 6.42 Å². The minimum Gasteiger partial charge on any atom is -0.491 e.